The van der Waals surface area contributed by atoms with Crippen LogP contribution in [0.1, 0.15) is 25.0 Å². The molecule has 1 aliphatic rings. The van der Waals surface area contributed by atoms with E-state index < -0.39 is 0 Å². The molecule has 2 rings (SSSR count). The summed E-state index contributed by atoms with van der Waals surface area (Å²) in [6, 6.07) is 4.26. The first-order chi connectivity index (χ1) is 9.45. The second-order valence-electron chi connectivity index (χ2n) is 5.91. The number of hydrogen-bond donors (Lipinski definition) is 1. The standard InChI is InChI=1S/C16H24BrNO2/c1-11-7-12(2)16(15(17)8-11)19-6-5-18-9-13(3)20-14(4)10-18/h7-8,13-14H,5-6,9-10H2,1-4H3/p+1/t13-,14+. The van der Waals surface area contributed by atoms with Gasteiger partial charge >= 0.3 is 0 Å². The van der Waals surface area contributed by atoms with Gasteiger partial charge in [-0.3, -0.25) is 0 Å². The van der Waals surface area contributed by atoms with Crippen LogP contribution in [0.5, 0.6) is 5.75 Å². The molecule has 3 nitrogen and oxygen atoms in total. The summed E-state index contributed by atoms with van der Waals surface area (Å²) in [6.45, 7) is 12.4. The van der Waals surface area contributed by atoms with Crippen molar-refractivity contribution in [2.24, 2.45) is 0 Å². The van der Waals surface area contributed by atoms with E-state index in [2.05, 4.69) is 55.8 Å². The Morgan fingerprint density at radius 1 is 1.25 bits per heavy atom. The summed E-state index contributed by atoms with van der Waals surface area (Å²) in [5, 5.41) is 0. The van der Waals surface area contributed by atoms with Crippen molar-refractivity contribution in [3.63, 3.8) is 0 Å². The van der Waals surface area contributed by atoms with E-state index in [9.17, 15) is 0 Å². The van der Waals surface area contributed by atoms with Crippen LogP contribution in [0.4, 0.5) is 0 Å². The molecule has 1 fully saturated rings. The van der Waals surface area contributed by atoms with E-state index in [1.165, 1.54) is 11.1 Å². The molecule has 0 bridgehead atoms. The zero-order valence-electron chi connectivity index (χ0n) is 12.8. The van der Waals surface area contributed by atoms with Crippen molar-refractivity contribution in [3.05, 3.63) is 27.7 Å². The molecule has 3 atom stereocenters. The van der Waals surface area contributed by atoms with Crippen molar-refractivity contribution in [1.29, 1.82) is 0 Å². The van der Waals surface area contributed by atoms with E-state index in [-0.39, 0.29) is 0 Å². The SMILES string of the molecule is Cc1cc(C)c(OCC[NH+]2C[C@@H](C)O[C@@H](C)C2)c(Br)c1. The zero-order chi connectivity index (χ0) is 14.7. The predicted molar refractivity (Wildman–Crippen MR) is 84.7 cm³/mol. The monoisotopic (exact) mass is 342 g/mol. The fraction of sp³-hybridized carbons (Fsp3) is 0.625. The molecule has 112 valence electrons. The summed E-state index contributed by atoms with van der Waals surface area (Å²) in [4.78, 5) is 1.57. The minimum Gasteiger partial charge on any atom is -0.486 e. The van der Waals surface area contributed by atoms with Crippen LogP contribution in [-0.4, -0.2) is 38.4 Å². The highest BCUT2D eigenvalue weighted by Gasteiger charge is 2.25. The van der Waals surface area contributed by atoms with Gasteiger partial charge in [0.05, 0.1) is 4.47 Å². The molecule has 20 heavy (non-hydrogen) atoms. The van der Waals surface area contributed by atoms with Gasteiger partial charge in [-0.1, -0.05) is 6.07 Å². The number of aryl methyl sites for hydroxylation is 2. The van der Waals surface area contributed by atoms with Crippen molar-refractivity contribution in [2.75, 3.05) is 26.2 Å². The lowest BCUT2D eigenvalue weighted by atomic mass is 10.1. The van der Waals surface area contributed by atoms with Crippen LogP contribution < -0.4 is 9.64 Å². The van der Waals surface area contributed by atoms with Crippen molar-refractivity contribution in [3.8, 4) is 5.75 Å². The van der Waals surface area contributed by atoms with Gasteiger partial charge in [0.2, 0.25) is 0 Å². The fourth-order valence-electron chi connectivity index (χ4n) is 2.98. The molecule has 0 radical (unpaired) electrons. The van der Waals surface area contributed by atoms with Crippen molar-refractivity contribution < 1.29 is 14.4 Å². The normalized spacial score (nSPS) is 26.6. The Bertz CT molecular complexity index is 431. The summed E-state index contributed by atoms with van der Waals surface area (Å²) in [5.74, 6) is 0.976. The second kappa shape index (κ2) is 6.92. The molecule has 0 spiro atoms. The Labute approximate surface area is 130 Å². The van der Waals surface area contributed by atoms with Gasteiger partial charge in [0.1, 0.15) is 44.2 Å². The van der Waals surface area contributed by atoms with Crippen molar-refractivity contribution in [2.45, 2.75) is 39.9 Å². The van der Waals surface area contributed by atoms with Gasteiger partial charge in [0.15, 0.2) is 0 Å². The minimum absolute atomic E-state index is 0.349. The third-order valence-corrected chi connectivity index (χ3v) is 4.28. The third-order valence-electron chi connectivity index (χ3n) is 3.69. The summed E-state index contributed by atoms with van der Waals surface area (Å²) >= 11 is 3.59. The van der Waals surface area contributed by atoms with Crippen LogP contribution in [0.3, 0.4) is 0 Å². The molecule has 1 heterocycles. The zero-order valence-corrected chi connectivity index (χ0v) is 14.4. The van der Waals surface area contributed by atoms with E-state index in [0.29, 0.717) is 12.2 Å². The number of hydrogen-bond acceptors (Lipinski definition) is 2. The maximum atomic E-state index is 5.99. The number of morpholine rings is 1. The van der Waals surface area contributed by atoms with Crippen LogP contribution >= 0.6 is 15.9 Å². The maximum absolute atomic E-state index is 5.99. The summed E-state index contributed by atoms with van der Waals surface area (Å²) < 4.78 is 12.8. The van der Waals surface area contributed by atoms with Gasteiger partial charge in [0, 0.05) is 0 Å². The van der Waals surface area contributed by atoms with E-state index >= 15 is 0 Å². The molecule has 1 unspecified atom stereocenters. The fourth-order valence-corrected chi connectivity index (χ4v) is 3.76. The Hall–Kier alpha value is -0.580. The molecule has 1 aliphatic heterocycles. The Morgan fingerprint density at radius 3 is 2.50 bits per heavy atom. The maximum Gasteiger partial charge on any atom is 0.137 e. The first kappa shape index (κ1) is 15.8. The predicted octanol–water partition coefficient (Wildman–Crippen LogP) is 2.14. The molecule has 1 N–H and O–H groups in total. The highest BCUT2D eigenvalue weighted by atomic mass is 79.9. The van der Waals surface area contributed by atoms with Gasteiger partial charge in [-0.05, 0) is 60.8 Å². The first-order valence-corrected chi connectivity index (χ1v) is 8.13. The van der Waals surface area contributed by atoms with Crippen LogP contribution in [0.2, 0.25) is 0 Å². The average Bonchev–Trinajstić information content (AvgIpc) is 2.31. The topological polar surface area (TPSA) is 22.9 Å². The molecule has 0 aliphatic carbocycles. The molecular formula is C16H25BrNO2+. The van der Waals surface area contributed by atoms with E-state index in [1.54, 1.807) is 4.90 Å². The number of nitrogens with one attached hydrogen (secondary N) is 1. The highest BCUT2D eigenvalue weighted by Crippen LogP contribution is 2.29. The van der Waals surface area contributed by atoms with Crippen LogP contribution in [0.15, 0.2) is 16.6 Å². The molecule has 1 saturated heterocycles. The molecule has 1 aromatic rings. The van der Waals surface area contributed by atoms with Crippen molar-refractivity contribution >= 4 is 15.9 Å². The van der Waals surface area contributed by atoms with Gasteiger partial charge in [-0.15, -0.1) is 0 Å². The molecule has 0 aromatic heterocycles. The quantitative estimate of drug-likeness (QED) is 0.905. The van der Waals surface area contributed by atoms with Crippen LogP contribution in [0, 0.1) is 13.8 Å². The lowest BCUT2D eigenvalue weighted by Gasteiger charge is -2.32. The highest BCUT2D eigenvalue weighted by molar-refractivity contribution is 9.10. The molecule has 1 aromatic carbocycles. The number of benzene rings is 1. The summed E-state index contributed by atoms with van der Waals surface area (Å²) in [5.41, 5.74) is 2.44. The molecule has 0 saturated carbocycles. The summed E-state index contributed by atoms with van der Waals surface area (Å²) in [7, 11) is 0. The largest absolute Gasteiger partial charge is 0.486 e. The lowest BCUT2D eigenvalue weighted by molar-refractivity contribution is -0.915. The lowest BCUT2D eigenvalue weighted by Crippen LogP contribution is -3.16. The first-order valence-electron chi connectivity index (χ1n) is 7.34. The van der Waals surface area contributed by atoms with E-state index in [0.717, 1.165) is 36.5 Å². The Balaban J connectivity index is 1.87. The number of halogens is 1. The van der Waals surface area contributed by atoms with Crippen LogP contribution in [0.25, 0.3) is 0 Å². The Kier molecular flexibility index (Phi) is 5.47. The van der Waals surface area contributed by atoms with Gasteiger partial charge in [-0.25, -0.2) is 0 Å². The van der Waals surface area contributed by atoms with Gasteiger partial charge in [0.25, 0.3) is 0 Å². The number of ether oxygens (including phenoxy) is 2. The smallest absolute Gasteiger partial charge is 0.137 e. The number of rotatable bonds is 4. The third kappa shape index (κ3) is 4.21. The number of quaternary nitrogens is 1. The van der Waals surface area contributed by atoms with Crippen LogP contribution in [-0.2, 0) is 4.74 Å². The minimum atomic E-state index is 0.349. The second-order valence-corrected chi connectivity index (χ2v) is 6.76. The van der Waals surface area contributed by atoms with Crippen molar-refractivity contribution in [1.82, 2.24) is 0 Å². The van der Waals surface area contributed by atoms with E-state index in [4.69, 9.17) is 9.47 Å². The summed E-state index contributed by atoms with van der Waals surface area (Å²) in [6.07, 6.45) is 0.697. The Morgan fingerprint density at radius 2 is 1.90 bits per heavy atom. The average molecular weight is 343 g/mol. The van der Waals surface area contributed by atoms with E-state index in [1.807, 2.05) is 0 Å². The van der Waals surface area contributed by atoms with Gasteiger partial charge in [-0.2, -0.15) is 0 Å². The molecular weight excluding hydrogens is 318 g/mol. The van der Waals surface area contributed by atoms with Gasteiger partial charge < -0.3 is 14.4 Å². The molecule has 4 heteroatoms. The molecule has 0 amide bonds.